The van der Waals surface area contributed by atoms with E-state index in [1.54, 1.807) is 24.3 Å². The van der Waals surface area contributed by atoms with Gasteiger partial charge in [-0.05, 0) is 62.0 Å². The van der Waals surface area contributed by atoms with Crippen LogP contribution in [0.4, 0.5) is 10.5 Å². The van der Waals surface area contributed by atoms with Crippen molar-refractivity contribution in [2.75, 3.05) is 56.9 Å². The predicted octanol–water partition coefficient (Wildman–Crippen LogP) is 0.449. The first-order valence-corrected chi connectivity index (χ1v) is 18.2. The minimum Gasteiger partial charge on any atom is -0.480 e. The molecule has 282 valence electrons. The van der Waals surface area contributed by atoms with Crippen molar-refractivity contribution in [3.05, 3.63) is 29.8 Å². The van der Waals surface area contributed by atoms with E-state index in [1.165, 1.54) is 4.90 Å². The Bertz CT molecular complexity index is 1350. The number of amides is 3. The van der Waals surface area contributed by atoms with Crippen molar-refractivity contribution in [3.63, 3.8) is 0 Å². The van der Waals surface area contributed by atoms with Gasteiger partial charge in [-0.15, -0.1) is 0 Å². The Hall–Kier alpha value is -4.20. The normalized spacial score (nSPS) is 18.4. The van der Waals surface area contributed by atoms with Crippen LogP contribution in [0.1, 0.15) is 44.1 Å². The first-order chi connectivity index (χ1) is 24.3. The lowest BCUT2D eigenvalue weighted by atomic mass is 10.0. The highest BCUT2D eigenvalue weighted by atomic mass is 32.2. The number of carbonyl (C=O) groups is 6. The van der Waals surface area contributed by atoms with Crippen molar-refractivity contribution >= 4 is 70.6 Å². The Labute approximate surface area is 305 Å². The smallest absolute Gasteiger partial charge is 0.317 e. The number of carboxylic acids is 4. The van der Waals surface area contributed by atoms with Gasteiger partial charge < -0.3 is 47.0 Å². The van der Waals surface area contributed by atoms with Gasteiger partial charge in [0.2, 0.25) is 5.91 Å². The van der Waals surface area contributed by atoms with E-state index in [0.29, 0.717) is 41.1 Å². The second kappa shape index (κ2) is 21.2. The van der Waals surface area contributed by atoms with Gasteiger partial charge in [-0.1, -0.05) is 18.6 Å². The van der Waals surface area contributed by atoms with Gasteiger partial charge in [0.05, 0.1) is 38.3 Å². The fraction of sp³-hybridized carbons (Fsp3) is 0.594. The number of nitrogens with one attached hydrogen (secondary N) is 5. The molecule has 17 nitrogen and oxygen atoms in total. The summed E-state index contributed by atoms with van der Waals surface area (Å²) in [5.41, 5.74) is 1.34. The summed E-state index contributed by atoms with van der Waals surface area (Å²) in [5.74, 6) is -4.17. The number of thioether (sulfide) groups is 1. The molecular formula is C32H47N7O10S2. The van der Waals surface area contributed by atoms with Gasteiger partial charge in [0.25, 0.3) is 0 Å². The van der Waals surface area contributed by atoms with E-state index in [2.05, 4.69) is 26.6 Å². The Balaban J connectivity index is 1.37. The molecule has 2 saturated heterocycles. The van der Waals surface area contributed by atoms with Crippen LogP contribution in [0.15, 0.2) is 24.3 Å². The molecule has 2 aliphatic rings. The third kappa shape index (κ3) is 15.7. The molecule has 4 atom stereocenters. The van der Waals surface area contributed by atoms with Gasteiger partial charge in [-0.2, -0.15) is 11.8 Å². The summed E-state index contributed by atoms with van der Waals surface area (Å²) in [6, 6.07) is 6.39. The van der Waals surface area contributed by atoms with Crippen LogP contribution in [0.25, 0.3) is 0 Å². The molecular weight excluding hydrogens is 707 g/mol. The van der Waals surface area contributed by atoms with E-state index in [1.807, 2.05) is 11.8 Å². The molecule has 51 heavy (non-hydrogen) atoms. The third-order valence-electron chi connectivity index (χ3n) is 8.35. The Kier molecular flexibility index (Phi) is 17.2. The molecule has 0 spiro atoms. The first-order valence-electron chi connectivity index (χ1n) is 16.7. The second-order valence-corrected chi connectivity index (χ2v) is 14.2. The van der Waals surface area contributed by atoms with Crippen molar-refractivity contribution in [3.8, 4) is 0 Å². The molecule has 1 aromatic carbocycles. The summed E-state index contributed by atoms with van der Waals surface area (Å²) < 4.78 is 0. The highest BCUT2D eigenvalue weighted by Crippen LogP contribution is 2.33. The first kappa shape index (κ1) is 41.2. The number of hydrogen-bond donors (Lipinski definition) is 9. The molecule has 4 unspecified atom stereocenters. The van der Waals surface area contributed by atoms with Crippen LogP contribution in [0.2, 0.25) is 0 Å². The largest absolute Gasteiger partial charge is 0.480 e. The molecule has 9 N–H and O–H groups in total. The van der Waals surface area contributed by atoms with Crippen LogP contribution in [-0.4, -0.2) is 146 Å². The number of carboxylic acid groups (broad SMARTS) is 4. The monoisotopic (exact) mass is 753 g/mol. The van der Waals surface area contributed by atoms with Gasteiger partial charge in [0, 0.05) is 48.8 Å². The Morgan fingerprint density at radius 3 is 2.06 bits per heavy atom. The minimum atomic E-state index is -1.28. The number of urea groups is 1. The van der Waals surface area contributed by atoms with E-state index < -0.39 is 56.1 Å². The van der Waals surface area contributed by atoms with Crippen LogP contribution in [0, 0.1) is 0 Å². The molecule has 0 bridgehead atoms. The standard InChI is InChI=1S/C32H47N7O10S2/c40-25(6-2-1-5-24-30-23(19-51-24)36-31(49)37-30)33-11-3-4-12-34-32(50)35-21-9-7-20(8-10-21)13-22(39(17-28(45)46)18-29(47)48)14-38(15-26(41)42)16-27(43)44/h7-10,22-24,30H,1-6,11-19H2,(H,33,40)(H,41,42)(H,43,44)(H,45,46)(H,47,48)(H2,34,35,50)(H2,36,37,49). The number of nitrogens with zero attached hydrogens (tertiary/aromatic N) is 2. The number of aliphatic carboxylic acids is 4. The Morgan fingerprint density at radius 2 is 1.45 bits per heavy atom. The fourth-order valence-electron chi connectivity index (χ4n) is 6.05. The van der Waals surface area contributed by atoms with Gasteiger partial charge >= 0.3 is 29.9 Å². The minimum absolute atomic E-state index is 0.0250. The van der Waals surface area contributed by atoms with Crippen molar-refractivity contribution in [1.82, 2.24) is 31.1 Å². The lowest BCUT2D eigenvalue weighted by molar-refractivity contribution is -0.146. The average Bonchev–Trinajstić information content (AvgIpc) is 3.59. The summed E-state index contributed by atoms with van der Waals surface area (Å²) in [6.45, 7) is -1.58. The van der Waals surface area contributed by atoms with Gasteiger partial charge in [-0.25, -0.2) is 4.79 Å². The lowest BCUT2D eigenvalue weighted by Gasteiger charge is -2.33. The lowest BCUT2D eigenvalue weighted by Crippen LogP contribution is -2.50. The zero-order valence-electron chi connectivity index (χ0n) is 28.2. The second-order valence-electron chi connectivity index (χ2n) is 12.5. The third-order valence-corrected chi connectivity index (χ3v) is 10.1. The van der Waals surface area contributed by atoms with Crippen molar-refractivity contribution in [1.29, 1.82) is 0 Å². The molecule has 3 amide bonds. The van der Waals surface area contributed by atoms with Crippen molar-refractivity contribution in [2.24, 2.45) is 0 Å². The quantitative estimate of drug-likeness (QED) is 0.0395. The zero-order chi connectivity index (χ0) is 37.3. The molecule has 0 saturated carbocycles. The van der Waals surface area contributed by atoms with Crippen LogP contribution < -0.4 is 26.6 Å². The maximum absolute atomic E-state index is 12.2. The van der Waals surface area contributed by atoms with E-state index in [9.17, 15) is 49.2 Å². The molecule has 2 fully saturated rings. The van der Waals surface area contributed by atoms with Crippen molar-refractivity contribution in [2.45, 2.75) is 68.3 Å². The zero-order valence-corrected chi connectivity index (χ0v) is 29.8. The van der Waals surface area contributed by atoms with Crippen LogP contribution in [0.5, 0.6) is 0 Å². The summed E-state index contributed by atoms with van der Waals surface area (Å²) >= 11 is 7.25. The van der Waals surface area contributed by atoms with E-state index in [0.717, 1.165) is 42.8 Å². The molecule has 0 radical (unpaired) electrons. The van der Waals surface area contributed by atoms with Gasteiger partial charge in [-0.3, -0.25) is 33.8 Å². The molecule has 0 aliphatic carbocycles. The fourth-order valence-corrected chi connectivity index (χ4v) is 7.81. The number of anilines is 1. The van der Waals surface area contributed by atoms with Gasteiger partial charge in [0.15, 0.2) is 5.11 Å². The maximum Gasteiger partial charge on any atom is 0.317 e. The molecule has 19 heteroatoms. The SMILES string of the molecule is O=C(O)CN(CC(=O)O)CC(Cc1ccc(NC(=S)NCCCCNC(=O)CCCCC2SCC3NC(=O)NC32)cc1)N(CC(=O)O)CC(=O)O. The highest BCUT2D eigenvalue weighted by molar-refractivity contribution is 8.00. The number of hydrogen-bond acceptors (Lipinski definition) is 10. The summed E-state index contributed by atoms with van der Waals surface area (Å²) in [4.78, 5) is 71.7. The molecule has 2 aliphatic heterocycles. The Morgan fingerprint density at radius 1 is 0.843 bits per heavy atom. The highest BCUT2D eigenvalue weighted by Gasteiger charge is 2.42. The molecule has 1 aromatic rings. The summed E-state index contributed by atoms with van der Waals surface area (Å²) in [6.07, 6.45) is 4.83. The number of unbranched alkanes of at least 4 members (excludes halogenated alkanes) is 2. The van der Waals surface area contributed by atoms with Crippen molar-refractivity contribution < 1.29 is 49.2 Å². The number of fused-ring (bicyclic) bond motifs is 1. The van der Waals surface area contributed by atoms with E-state index in [4.69, 9.17) is 12.2 Å². The number of rotatable bonds is 24. The summed E-state index contributed by atoms with van der Waals surface area (Å²) in [7, 11) is 0. The number of benzene rings is 1. The van der Waals surface area contributed by atoms with Crippen LogP contribution in [-0.2, 0) is 30.4 Å². The maximum atomic E-state index is 12.2. The van der Waals surface area contributed by atoms with E-state index >= 15 is 0 Å². The molecule has 2 heterocycles. The van der Waals surface area contributed by atoms with E-state index in [-0.39, 0.29) is 37.0 Å². The molecule has 0 aromatic heterocycles. The topological polar surface area (TPSA) is 250 Å². The summed E-state index contributed by atoms with van der Waals surface area (Å²) in [5, 5.41) is 53.1. The number of thiocarbonyl (C=S) groups is 1. The van der Waals surface area contributed by atoms with Gasteiger partial charge in [0.1, 0.15) is 0 Å². The number of carbonyl (C=O) groups excluding carboxylic acids is 2. The van der Waals surface area contributed by atoms with Crippen LogP contribution in [0.3, 0.4) is 0 Å². The van der Waals surface area contributed by atoms with Crippen LogP contribution >= 0.6 is 24.0 Å². The predicted molar refractivity (Wildman–Crippen MR) is 193 cm³/mol. The molecule has 3 rings (SSSR count). The average molecular weight is 754 g/mol.